The maximum atomic E-state index is 12.8. The lowest BCUT2D eigenvalue weighted by molar-refractivity contribution is -0.286. The number of carbonyl (C=O) groups is 4. The van der Waals surface area contributed by atoms with Crippen molar-refractivity contribution in [1.82, 2.24) is 0 Å². The second-order valence-corrected chi connectivity index (χ2v) is 18.0. The molecule has 5 saturated carbocycles. The summed E-state index contributed by atoms with van der Waals surface area (Å²) in [5, 5.41) is 11.0. The number of rotatable bonds is 6. The Bertz CT molecular complexity index is 1350. The standard InChI is InChI=1S/C38H58O10/c1-20(39)44-26-17-24(32(47-23(4)42)48-31(26)34(7,8)43)25-11-16-38-19-37(25,38)15-12-27-35(9)14-13-29(45-21(2)40)33(5,6)28(35)18-30(36(27,38)10)46-22(3)41/h24-32,43H,11-19H2,1-10H3. The highest BCUT2D eigenvalue weighted by Gasteiger charge is 2.86. The molecule has 13 atom stereocenters. The zero-order valence-electron chi connectivity index (χ0n) is 30.7. The third-order valence-electron chi connectivity index (χ3n) is 15.0. The van der Waals surface area contributed by atoms with Crippen LogP contribution in [-0.4, -0.2) is 65.3 Å². The van der Waals surface area contributed by atoms with Gasteiger partial charge in [0.25, 0.3) is 0 Å². The van der Waals surface area contributed by atoms with E-state index in [9.17, 15) is 24.3 Å². The molecule has 6 rings (SSSR count). The highest BCUT2D eigenvalue weighted by Crippen LogP contribution is 2.91. The first kappa shape index (κ1) is 35.6. The van der Waals surface area contributed by atoms with Crippen LogP contribution in [0.3, 0.4) is 0 Å². The minimum Gasteiger partial charge on any atom is -0.462 e. The lowest BCUT2D eigenvalue weighted by Gasteiger charge is -2.68. The van der Waals surface area contributed by atoms with E-state index in [4.69, 9.17) is 23.7 Å². The minimum absolute atomic E-state index is 0.0261. The molecule has 1 saturated heterocycles. The lowest BCUT2D eigenvalue weighted by atomic mass is 9.37. The molecule has 13 unspecified atom stereocenters. The number of ether oxygens (including phenoxy) is 5. The molecule has 10 heteroatoms. The van der Waals surface area contributed by atoms with Gasteiger partial charge in [0, 0.05) is 44.4 Å². The Kier molecular flexibility index (Phi) is 8.47. The predicted molar refractivity (Wildman–Crippen MR) is 174 cm³/mol. The minimum atomic E-state index is -1.33. The van der Waals surface area contributed by atoms with Gasteiger partial charge < -0.3 is 28.8 Å². The van der Waals surface area contributed by atoms with E-state index in [0.29, 0.717) is 12.3 Å². The number of carbonyl (C=O) groups excluding carboxylic acids is 4. The Morgan fingerprint density at radius 3 is 1.92 bits per heavy atom. The van der Waals surface area contributed by atoms with E-state index in [1.165, 1.54) is 27.7 Å². The molecule has 5 aliphatic carbocycles. The second kappa shape index (κ2) is 11.4. The average Bonchev–Trinajstić information content (AvgIpc) is 3.52. The highest BCUT2D eigenvalue weighted by atomic mass is 16.7. The van der Waals surface area contributed by atoms with Crippen LogP contribution in [0.4, 0.5) is 0 Å². The SMILES string of the molecule is CC(=O)OC1CC(C2CCC34CC23CCC2C3(C)CCC(OC(C)=O)C(C)(C)C3CC(OC(C)=O)C24C)C(OC(C)=O)OC1C(C)(C)O. The van der Waals surface area contributed by atoms with E-state index in [1.54, 1.807) is 13.8 Å². The Morgan fingerprint density at radius 2 is 1.33 bits per heavy atom. The van der Waals surface area contributed by atoms with Gasteiger partial charge >= 0.3 is 23.9 Å². The predicted octanol–water partition coefficient (Wildman–Crippen LogP) is 5.90. The number of aliphatic hydroxyl groups is 1. The maximum Gasteiger partial charge on any atom is 0.304 e. The van der Waals surface area contributed by atoms with Gasteiger partial charge in [0.05, 0.1) is 5.60 Å². The molecular weight excluding hydrogens is 616 g/mol. The van der Waals surface area contributed by atoms with E-state index >= 15 is 0 Å². The number of fused-ring (bicyclic) bond motifs is 3. The first-order valence-corrected chi connectivity index (χ1v) is 18.2. The summed E-state index contributed by atoms with van der Waals surface area (Å²) in [5.74, 6) is -0.997. The zero-order valence-corrected chi connectivity index (χ0v) is 30.7. The van der Waals surface area contributed by atoms with Crippen LogP contribution in [0.5, 0.6) is 0 Å². The van der Waals surface area contributed by atoms with E-state index < -0.39 is 36.0 Å². The summed E-state index contributed by atoms with van der Waals surface area (Å²) in [4.78, 5) is 49.6. The fraction of sp³-hybridized carbons (Fsp3) is 0.895. The van der Waals surface area contributed by atoms with Crippen LogP contribution in [0.25, 0.3) is 0 Å². The van der Waals surface area contributed by atoms with Gasteiger partial charge in [-0.2, -0.15) is 0 Å². The van der Waals surface area contributed by atoms with Crippen LogP contribution < -0.4 is 0 Å². The summed E-state index contributed by atoms with van der Waals surface area (Å²) in [6, 6.07) is 0. The molecule has 6 fully saturated rings. The van der Waals surface area contributed by atoms with Gasteiger partial charge in [-0.15, -0.1) is 0 Å². The highest BCUT2D eigenvalue weighted by molar-refractivity contribution is 5.67. The van der Waals surface area contributed by atoms with Crippen LogP contribution in [0.2, 0.25) is 0 Å². The van der Waals surface area contributed by atoms with Crippen molar-refractivity contribution in [2.75, 3.05) is 0 Å². The molecule has 1 aliphatic heterocycles. The van der Waals surface area contributed by atoms with Crippen molar-refractivity contribution in [3.05, 3.63) is 0 Å². The van der Waals surface area contributed by atoms with E-state index in [2.05, 4.69) is 27.7 Å². The van der Waals surface area contributed by atoms with Crippen LogP contribution in [0, 0.1) is 50.7 Å². The molecule has 270 valence electrons. The van der Waals surface area contributed by atoms with Gasteiger partial charge in [-0.1, -0.05) is 27.7 Å². The van der Waals surface area contributed by atoms with Crippen LogP contribution in [-0.2, 0) is 42.9 Å². The van der Waals surface area contributed by atoms with Crippen molar-refractivity contribution in [3.63, 3.8) is 0 Å². The van der Waals surface area contributed by atoms with Crippen molar-refractivity contribution in [2.45, 2.75) is 163 Å². The number of hydrogen-bond donors (Lipinski definition) is 1. The molecular formula is C38H58O10. The van der Waals surface area contributed by atoms with E-state index in [-0.39, 0.29) is 69.0 Å². The molecule has 48 heavy (non-hydrogen) atoms. The average molecular weight is 675 g/mol. The number of esters is 4. The summed E-state index contributed by atoms with van der Waals surface area (Å²) in [6.07, 6.45) is 4.91. The molecule has 0 radical (unpaired) electrons. The molecule has 0 aromatic heterocycles. The normalized spacial score (nSPS) is 47.3. The van der Waals surface area contributed by atoms with Crippen LogP contribution >= 0.6 is 0 Å². The molecule has 1 N–H and O–H groups in total. The first-order chi connectivity index (χ1) is 22.1. The first-order valence-electron chi connectivity index (χ1n) is 18.2. The second-order valence-electron chi connectivity index (χ2n) is 18.0. The maximum absolute atomic E-state index is 12.8. The Balaban J connectivity index is 1.37. The third-order valence-corrected chi connectivity index (χ3v) is 15.0. The molecule has 0 aromatic rings. The van der Waals surface area contributed by atoms with Gasteiger partial charge in [0.2, 0.25) is 6.29 Å². The molecule has 6 aliphatic rings. The van der Waals surface area contributed by atoms with Crippen molar-refractivity contribution in [2.24, 2.45) is 50.7 Å². The van der Waals surface area contributed by atoms with Gasteiger partial charge in [-0.05, 0) is 106 Å². The monoisotopic (exact) mass is 674 g/mol. The van der Waals surface area contributed by atoms with Gasteiger partial charge in [-0.3, -0.25) is 19.2 Å². The van der Waals surface area contributed by atoms with Crippen molar-refractivity contribution >= 4 is 23.9 Å². The molecule has 0 aromatic carbocycles. The van der Waals surface area contributed by atoms with Gasteiger partial charge in [-0.25, -0.2) is 0 Å². The van der Waals surface area contributed by atoms with Crippen LogP contribution in [0.1, 0.15) is 127 Å². The summed E-state index contributed by atoms with van der Waals surface area (Å²) in [6.45, 7) is 18.3. The Hall–Kier alpha value is -2.20. The Labute approximate surface area is 285 Å². The molecule has 0 spiro atoms. The van der Waals surface area contributed by atoms with Crippen molar-refractivity contribution in [1.29, 1.82) is 0 Å². The Morgan fingerprint density at radius 1 is 0.729 bits per heavy atom. The number of hydrogen-bond acceptors (Lipinski definition) is 10. The fourth-order valence-electron chi connectivity index (χ4n) is 13.4. The lowest BCUT2D eigenvalue weighted by Crippen LogP contribution is -2.67. The van der Waals surface area contributed by atoms with E-state index in [0.717, 1.165) is 51.4 Å². The molecule has 1 heterocycles. The van der Waals surface area contributed by atoms with Crippen molar-refractivity contribution in [3.8, 4) is 0 Å². The van der Waals surface area contributed by atoms with Gasteiger partial charge in [0.15, 0.2) is 0 Å². The van der Waals surface area contributed by atoms with Crippen LogP contribution in [0.15, 0.2) is 0 Å². The quantitative estimate of drug-likeness (QED) is 0.268. The molecule has 10 nitrogen and oxygen atoms in total. The van der Waals surface area contributed by atoms with Gasteiger partial charge in [0.1, 0.15) is 24.4 Å². The molecule has 0 amide bonds. The summed E-state index contributed by atoms with van der Waals surface area (Å²) < 4.78 is 30.4. The van der Waals surface area contributed by atoms with E-state index in [1.807, 2.05) is 0 Å². The van der Waals surface area contributed by atoms with Crippen molar-refractivity contribution < 1.29 is 48.0 Å². The smallest absolute Gasteiger partial charge is 0.304 e. The fourth-order valence-corrected chi connectivity index (χ4v) is 13.4. The topological polar surface area (TPSA) is 135 Å². The summed E-state index contributed by atoms with van der Waals surface area (Å²) in [7, 11) is 0. The third kappa shape index (κ3) is 5.07. The molecule has 0 bridgehead atoms. The summed E-state index contributed by atoms with van der Waals surface area (Å²) >= 11 is 0. The largest absolute Gasteiger partial charge is 0.462 e. The summed E-state index contributed by atoms with van der Waals surface area (Å²) in [5.41, 5.74) is -2.05. The zero-order chi connectivity index (χ0) is 35.4.